The zero-order chi connectivity index (χ0) is 33.0. The summed E-state index contributed by atoms with van der Waals surface area (Å²) < 4.78 is 8.12. The second-order valence-corrected chi connectivity index (χ2v) is 15.0. The highest BCUT2D eigenvalue weighted by molar-refractivity contribution is 5.98. The molecule has 48 heavy (non-hydrogen) atoms. The van der Waals surface area contributed by atoms with Gasteiger partial charge in [0, 0.05) is 62.3 Å². The second kappa shape index (κ2) is 12.3. The van der Waals surface area contributed by atoms with Crippen LogP contribution in [0.15, 0.2) is 60.9 Å². The van der Waals surface area contributed by atoms with Crippen molar-refractivity contribution >= 4 is 22.9 Å². The van der Waals surface area contributed by atoms with Gasteiger partial charge in [-0.15, -0.1) is 0 Å². The summed E-state index contributed by atoms with van der Waals surface area (Å²) in [4.78, 5) is 27.4. The second-order valence-electron chi connectivity index (χ2n) is 15.0. The Kier molecular flexibility index (Phi) is 7.99. The van der Waals surface area contributed by atoms with Crippen LogP contribution in [0.2, 0.25) is 0 Å². The first kappa shape index (κ1) is 31.1. The van der Waals surface area contributed by atoms with Crippen molar-refractivity contribution in [1.29, 1.82) is 0 Å². The monoisotopic (exact) mass is 650 g/mol. The number of amides is 1. The van der Waals surface area contributed by atoms with Gasteiger partial charge < -0.3 is 25.4 Å². The van der Waals surface area contributed by atoms with Crippen LogP contribution in [0.4, 0.5) is 10.6 Å². The number of carbonyl (C=O) groups is 1. The smallest absolute Gasteiger partial charge is 0.407 e. The van der Waals surface area contributed by atoms with Crippen LogP contribution in [0.3, 0.4) is 0 Å². The number of benzene rings is 2. The van der Waals surface area contributed by atoms with E-state index in [9.17, 15) is 9.90 Å². The van der Waals surface area contributed by atoms with Crippen LogP contribution >= 0.6 is 0 Å². The van der Waals surface area contributed by atoms with Crippen LogP contribution in [0, 0.1) is 11.3 Å². The van der Waals surface area contributed by atoms with Crippen molar-refractivity contribution in [2.24, 2.45) is 11.3 Å². The van der Waals surface area contributed by atoms with Gasteiger partial charge in [-0.2, -0.15) is 5.10 Å². The van der Waals surface area contributed by atoms with Gasteiger partial charge in [-0.25, -0.2) is 19.4 Å². The molecular weight excluding hydrogens is 604 g/mol. The number of nitrogen functional groups attached to an aromatic ring is 1. The van der Waals surface area contributed by atoms with Crippen LogP contribution in [0.1, 0.15) is 58.4 Å². The lowest BCUT2D eigenvalue weighted by atomic mass is 9.73. The molecule has 6 heterocycles. The van der Waals surface area contributed by atoms with E-state index in [0.717, 1.165) is 66.3 Å². The van der Waals surface area contributed by atoms with E-state index in [0.29, 0.717) is 43.0 Å². The van der Waals surface area contributed by atoms with Gasteiger partial charge in [0.05, 0.1) is 11.4 Å². The standard InChI is InChI=1S/C37H46N8O3/c1-37(2,25-20-43(21-25)36(46)47)22-44-27-10-11-28(44)19-29(18-27)42-16-14-26(15-17-42)45-35-32(34(38)39-23-40-35)33(41-45)24-8-12-31(13-9-24)48-30-6-4-3-5-7-30/h3-9,12-13,23,25-29H,10-11,14-22H2,1-2H3,(H,46,47)(H2,38,39,40). The number of piperidine rings is 2. The lowest BCUT2D eigenvalue weighted by molar-refractivity contribution is -0.0251. The van der Waals surface area contributed by atoms with E-state index in [2.05, 4.69) is 38.3 Å². The van der Waals surface area contributed by atoms with Crippen molar-refractivity contribution in [3.63, 3.8) is 0 Å². The Hall–Kier alpha value is -4.22. The first-order chi connectivity index (χ1) is 23.2. The zero-order valence-electron chi connectivity index (χ0n) is 27.9. The third-order valence-electron chi connectivity index (χ3n) is 11.7. The highest BCUT2D eigenvalue weighted by Gasteiger charge is 2.48. The number of aromatic nitrogens is 4. The summed E-state index contributed by atoms with van der Waals surface area (Å²) in [6.45, 7) is 9.19. The zero-order valence-corrected chi connectivity index (χ0v) is 27.9. The largest absolute Gasteiger partial charge is 0.465 e. The Morgan fingerprint density at radius 2 is 1.56 bits per heavy atom. The van der Waals surface area contributed by atoms with Crippen LogP contribution in [-0.4, -0.2) is 96.5 Å². The molecule has 2 atom stereocenters. The SMILES string of the molecule is CC(C)(CN1C2CCC1CC(N1CCC(n3nc(-c4ccc(Oc5ccccc5)cc4)c4c(N)ncnc43)CC1)C2)C1CN(C(=O)O)C1. The normalized spacial score (nSPS) is 24.2. The lowest BCUT2D eigenvalue weighted by Gasteiger charge is -2.51. The van der Waals surface area contributed by atoms with Crippen LogP contribution < -0.4 is 10.5 Å². The summed E-state index contributed by atoms with van der Waals surface area (Å²) in [6, 6.07) is 19.9. The summed E-state index contributed by atoms with van der Waals surface area (Å²) >= 11 is 0. The van der Waals surface area contributed by atoms with Gasteiger partial charge in [0.2, 0.25) is 0 Å². The number of hydrogen-bond acceptors (Lipinski definition) is 8. The summed E-state index contributed by atoms with van der Waals surface area (Å²) in [6.07, 6.45) is 7.82. The molecule has 4 aromatic rings. The average Bonchev–Trinajstić information content (AvgIpc) is 3.53. The molecule has 4 fully saturated rings. The fourth-order valence-corrected chi connectivity index (χ4v) is 8.78. The maximum Gasteiger partial charge on any atom is 0.407 e. The Balaban J connectivity index is 0.924. The molecule has 3 N–H and O–H groups in total. The van der Waals surface area contributed by atoms with Gasteiger partial charge in [-0.05, 0) is 80.3 Å². The molecule has 4 aliphatic heterocycles. The topological polar surface area (TPSA) is 126 Å². The number of rotatable bonds is 8. The maximum atomic E-state index is 11.3. The van der Waals surface area contributed by atoms with Crippen LogP contribution in [0.25, 0.3) is 22.3 Å². The van der Waals surface area contributed by atoms with E-state index < -0.39 is 6.09 Å². The molecule has 11 heteroatoms. The predicted molar refractivity (Wildman–Crippen MR) is 185 cm³/mol. The van der Waals surface area contributed by atoms with E-state index in [1.54, 1.807) is 11.2 Å². The van der Waals surface area contributed by atoms with Gasteiger partial charge in [0.25, 0.3) is 0 Å². The third-order valence-corrected chi connectivity index (χ3v) is 11.7. The molecule has 0 aliphatic carbocycles. The number of likely N-dealkylation sites (tertiary alicyclic amines) is 2. The molecule has 0 radical (unpaired) electrons. The number of ether oxygens (including phenoxy) is 1. The van der Waals surface area contributed by atoms with E-state index in [-0.39, 0.29) is 11.5 Å². The molecule has 1 amide bonds. The van der Waals surface area contributed by atoms with E-state index in [1.807, 2.05) is 54.6 Å². The minimum absolute atomic E-state index is 0.119. The maximum absolute atomic E-state index is 11.3. The van der Waals surface area contributed by atoms with Crippen molar-refractivity contribution in [2.45, 2.75) is 76.5 Å². The molecule has 252 valence electrons. The predicted octanol–water partition coefficient (Wildman–Crippen LogP) is 6.14. The molecule has 2 aromatic carbocycles. The first-order valence-corrected chi connectivity index (χ1v) is 17.5. The number of carboxylic acid groups (broad SMARTS) is 1. The fraction of sp³-hybridized carbons (Fsp3) is 0.514. The Morgan fingerprint density at radius 1 is 0.896 bits per heavy atom. The number of hydrogen-bond donors (Lipinski definition) is 2. The van der Waals surface area contributed by atoms with Gasteiger partial charge in [0.1, 0.15) is 29.3 Å². The van der Waals surface area contributed by atoms with Gasteiger partial charge in [-0.3, -0.25) is 4.90 Å². The number of nitrogens with zero attached hydrogens (tertiary/aromatic N) is 7. The Labute approximate surface area is 281 Å². The quantitative estimate of drug-likeness (QED) is 0.231. The van der Waals surface area contributed by atoms with Gasteiger partial charge in [0.15, 0.2) is 5.65 Å². The molecule has 2 unspecified atom stereocenters. The van der Waals surface area contributed by atoms with E-state index >= 15 is 0 Å². The van der Waals surface area contributed by atoms with Crippen molar-refractivity contribution < 1.29 is 14.6 Å². The summed E-state index contributed by atoms with van der Waals surface area (Å²) in [5.74, 6) is 2.45. The number of nitrogens with two attached hydrogens (primary N) is 1. The van der Waals surface area contributed by atoms with E-state index in [4.69, 9.17) is 15.6 Å². The fourth-order valence-electron chi connectivity index (χ4n) is 8.78. The molecular formula is C37H46N8O3. The first-order valence-electron chi connectivity index (χ1n) is 17.5. The average molecular weight is 651 g/mol. The Morgan fingerprint density at radius 3 is 2.23 bits per heavy atom. The summed E-state index contributed by atoms with van der Waals surface area (Å²) in [5, 5.41) is 15.3. The van der Waals surface area contributed by atoms with E-state index in [1.165, 1.54) is 25.7 Å². The molecule has 11 nitrogen and oxygen atoms in total. The highest BCUT2D eigenvalue weighted by Crippen LogP contribution is 2.44. The molecule has 4 saturated heterocycles. The summed E-state index contributed by atoms with van der Waals surface area (Å²) in [5.41, 5.74) is 9.13. The molecule has 8 rings (SSSR count). The molecule has 2 aromatic heterocycles. The molecule has 2 bridgehead atoms. The van der Waals surface area contributed by atoms with Crippen molar-refractivity contribution in [1.82, 2.24) is 34.4 Å². The summed E-state index contributed by atoms with van der Waals surface area (Å²) in [7, 11) is 0. The number of fused-ring (bicyclic) bond motifs is 3. The Bertz CT molecular complexity index is 1750. The van der Waals surface area contributed by atoms with Crippen molar-refractivity contribution in [2.75, 3.05) is 38.5 Å². The lowest BCUT2D eigenvalue weighted by Crippen LogP contribution is -2.59. The van der Waals surface area contributed by atoms with Gasteiger partial charge >= 0.3 is 6.09 Å². The minimum atomic E-state index is -0.787. The number of para-hydroxylation sites is 1. The molecule has 4 aliphatic rings. The number of anilines is 1. The van der Waals surface area contributed by atoms with Crippen LogP contribution in [-0.2, 0) is 0 Å². The van der Waals surface area contributed by atoms with Crippen molar-refractivity contribution in [3.8, 4) is 22.8 Å². The van der Waals surface area contributed by atoms with Crippen molar-refractivity contribution in [3.05, 3.63) is 60.9 Å². The third kappa shape index (κ3) is 5.77. The molecule has 0 saturated carbocycles. The molecule has 0 spiro atoms. The van der Waals surface area contributed by atoms with Crippen LogP contribution in [0.5, 0.6) is 11.5 Å². The highest BCUT2D eigenvalue weighted by atomic mass is 16.5. The van der Waals surface area contributed by atoms with Gasteiger partial charge in [-0.1, -0.05) is 32.0 Å². The minimum Gasteiger partial charge on any atom is -0.465 e.